The standard InChI is InChI=1S/C19H20N2O3S/c22-19(23)16-8-4-10-21(14-16)11-12-24-20-18(17-9-5-13-25-17)15-6-2-1-3-7-15/h1-3,5-9,13H,4,10-12,14H2,(H,22,23)/b20-18+. The Morgan fingerprint density at radius 2 is 2.08 bits per heavy atom. The van der Waals surface area contributed by atoms with Crippen LogP contribution in [0.1, 0.15) is 16.9 Å². The number of hydrogen-bond acceptors (Lipinski definition) is 5. The maximum Gasteiger partial charge on any atom is 0.332 e. The highest BCUT2D eigenvalue weighted by Crippen LogP contribution is 2.16. The summed E-state index contributed by atoms with van der Waals surface area (Å²) in [6.45, 7) is 2.38. The van der Waals surface area contributed by atoms with Crippen LogP contribution < -0.4 is 0 Å². The summed E-state index contributed by atoms with van der Waals surface area (Å²) < 4.78 is 0. The Kier molecular flexibility index (Phi) is 5.98. The van der Waals surface area contributed by atoms with Crippen LogP contribution in [0.15, 0.2) is 64.6 Å². The van der Waals surface area contributed by atoms with E-state index in [4.69, 9.17) is 9.94 Å². The minimum atomic E-state index is -0.840. The fourth-order valence-electron chi connectivity index (χ4n) is 2.68. The molecule has 6 heteroatoms. The minimum Gasteiger partial charge on any atom is -0.478 e. The van der Waals surface area contributed by atoms with Crippen LogP contribution in [0.5, 0.6) is 0 Å². The van der Waals surface area contributed by atoms with Crippen LogP contribution in [-0.4, -0.2) is 47.9 Å². The summed E-state index contributed by atoms with van der Waals surface area (Å²) in [6, 6.07) is 14.0. The van der Waals surface area contributed by atoms with E-state index in [-0.39, 0.29) is 0 Å². The number of carboxylic acid groups (broad SMARTS) is 1. The number of carbonyl (C=O) groups is 1. The second-order valence-electron chi connectivity index (χ2n) is 5.72. The Morgan fingerprint density at radius 3 is 2.80 bits per heavy atom. The van der Waals surface area contributed by atoms with Crippen molar-refractivity contribution >= 4 is 23.0 Å². The van der Waals surface area contributed by atoms with Crippen molar-refractivity contribution in [3.8, 4) is 0 Å². The lowest BCUT2D eigenvalue weighted by Gasteiger charge is -2.24. The molecule has 1 aliphatic rings. The summed E-state index contributed by atoms with van der Waals surface area (Å²) in [5.74, 6) is -0.840. The number of nitrogens with zero attached hydrogens (tertiary/aromatic N) is 2. The molecule has 0 amide bonds. The van der Waals surface area contributed by atoms with Crippen LogP contribution in [0, 0.1) is 0 Å². The maximum atomic E-state index is 11.1. The van der Waals surface area contributed by atoms with Crippen molar-refractivity contribution in [3.05, 3.63) is 69.9 Å². The minimum absolute atomic E-state index is 0.425. The molecule has 1 N–H and O–H groups in total. The van der Waals surface area contributed by atoms with E-state index in [0.717, 1.165) is 29.1 Å². The molecule has 0 unspecified atom stereocenters. The van der Waals surface area contributed by atoms with E-state index in [1.807, 2.05) is 47.8 Å². The van der Waals surface area contributed by atoms with Gasteiger partial charge < -0.3 is 9.94 Å². The summed E-state index contributed by atoms with van der Waals surface area (Å²) in [5, 5.41) is 15.4. The second kappa shape index (κ2) is 8.60. The highest BCUT2D eigenvalue weighted by atomic mass is 32.1. The van der Waals surface area contributed by atoms with E-state index >= 15 is 0 Å². The van der Waals surface area contributed by atoms with E-state index in [0.29, 0.717) is 25.3 Å². The molecule has 0 aliphatic carbocycles. The number of benzene rings is 1. The van der Waals surface area contributed by atoms with Gasteiger partial charge >= 0.3 is 5.97 Å². The highest BCUT2D eigenvalue weighted by molar-refractivity contribution is 7.12. The molecule has 1 aromatic carbocycles. The molecule has 0 saturated carbocycles. The van der Waals surface area contributed by atoms with Crippen LogP contribution in [0.2, 0.25) is 0 Å². The monoisotopic (exact) mass is 356 g/mol. The third-order valence-corrected chi connectivity index (χ3v) is 4.84. The van der Waals surface area contributed by atoms with Crippen molar-refractivity contribution in [2.75, 3.05) is 26.2 Å². The Bertz CT molecular complexity index is 754. The summed E-state index contributed by atoms with van der Waals surface area (Å²) in [4.78, 5) is 19.8. The maximum absolute atomic E-state index is 11.1. The molecule has 1 aliphatic heterocycles. The van der Waals surface area contributed by atoms with Gasteiger partial charge in [0.15, 0.2) is 0 Å². The van der Waals surface area contributed by atoms with Gasteiger partial charge in [-0.3, -0.25) is 4.90 Å². The molecule has 0 bridgehead atoms. The zero-order chi connectivity index (χ0) is 17.5. The van der Waals surface area contributed by atoms with Gasteiger partial charge in [-0.1, -0.05) is 47.6 Å². The van der Waals surface area contributed by atoms with Crippen molar-refractivity contribution in [2.45, 2.75) is 6.42 Å². The molecule has 0 spiro atoms. The first-order valence-electron chi connectivity index (χ1n) is 8.18. The first kappa shape index (κ1) is 17.4. The smallest absolute Gasteiger partial charge is 0.332 e. The predicted molar refractivity (Wildman–Crippen MR) is 99.1 cm³/mol. The summed E-state index contributed by atoms with van der Waals surface area (Å²) in [7, 11) is 0. The first-order valence-corrected chi connectivity index (χ1v) is 9.06. The third kappa shape index (κ3) is 4.78. The van der Waals surface area contributed by atoms with Gasteiger partial charge in [0.05, 0.1) is 4.88 Å². The second-order valence-corrected chi connectivity index (χ2v) is 6.66. The average Bonchev–Trinajstić information content (AvgIpc) is 3.17. The molecule has 0 saturated heterocycles. The molecular formula is C19H20N2O3S. The van der Waals surface area contributed by atoms with Gasteiger partial charge in [0.2, 0.25) is 0 Å². The van der Waals surface area contributed by atoms with E-state index < -0.39 is 5.97 Å². The normalized spacial score (nSPS) is 15.7. The lowest BCUT2D eigenvalue weighted by Crippen LogP contribution is -2.34. The average molecular weight is 356 g/mol. The number of carboxylic acids is 1. The molecule has 5 nitrogen and oxygen atoms in total. The van der Waals surface area contributed by atoms with Crippen LogP contribution in [0.25, 0.3) is 0 Å². The number of aliphatic carboxylic acids is 1. The summed E-state index contributed by atoms with van der Waals surface area (Å²) in [5.41, 5.74) is 2.29. The van der Waals surface area contributed by atoms with E-state index in [9.17, 15) is 4.79 Å². The Labute approximate surface area is 150 Å². The molecule has 0 atom stereocenters. The quantitative estimate of drug-likeness (QED) is 0.470. The lowest BCUT2D eigenvalue weighted by molar-refractivity contribution is -0.133. The van der Waals surface area contributed by atoms with Gasteiger partial charge in [-0.05, 0) is 17.9 Å². The molecule has 25 heavy (non-hydrogen) atoms. The van der Waals surface area contributed by atoms with Crippen molar-refractivity contribution in [1.82, 2.24) is 4.90 Å². The van der Waals surface area contributed by atoms with Gasteiger partial charge in [0.1, 0.15) is 12.3 Å². The van der Waals surface area contributed by atoms with Gasteiger partial charge in [0, 0.05) is 30.8 Å². The molecule has 0 fully saturated rings. The first-order chi connectivity index (χ1) is 12.2. The number of rotatable bonds is 7. The van der Waals surface area contributed by atoms with Crippen molar-refractivity contribution in [1.29, 1.82) is 0 Å². The number of oxime groups is 1. The summed E-state index contributed by atoms with van der Waals surface area (Å²) >= 11 is 1.62. The lowest BCUT2D eigenvalue weighted by atomic mass is 10.1. The van der Waals surface area contributed by atoms with Gasteiger partial charge in [-0.25, -0.2) is 4.79 Å². The Morgan fingerprint density at radius 1 is 1.24 bits per heavy atom. The molecule has 2 aromatic rings. The van der Waals surface area contributed by atoms with Crippen LogP contribution in [0.3, 0.4) is 0 Å². The Hall–Kier alpha value is -2.44. The molecule has 1 aromatic heterocycles. The number of thiophene rings is 1. The third-order valence-electron chi connectivity index (χ3n) is 3.96. The highest BCUT2D eigenvalue weighted by Gasteiger charge is 2.17. The fourth-order valence-corrected chi connectivity index (χ4v) is 3.41. The molecule has 2 heterocycles. The van der Waals surface area contributed by atoms with Gasteiger partial charge in [-0.2, -0.15) is 0 Å². The van der Waals surface area contributed by atoms with Gasteiger partial charge in [0.25, 0.3) is 0 Å². The molecule has 0 radical (unpaired) electrons. The van der Waals surface area contributed by atoms with Crippen LogP contribution in [-0.2, 0) is 9.63 Å². The summed E-state index contributed by atoms with van der Waals surface area (Å²) in [6.07, 6.45) is 2.55. The molecular weight excluding hydrogens is 336 g/mol. The van der Waals surface area contributed by atoms with E-state index in [2.05, 4.69) is 10.1 Å². The predicted octanol–water partition coefficient (Wildman–Crippen LogP) is 3.23. The van der Waals surface area contributed by atoms with Gasteiger partial charge in [-0.15, -0.1) is 11.3 Å². The number of hydrogen-bond donors (Lipinski definition) is 1. The van der Waals surface area contributed by atoms with Crippen LogP contribution >= 0.6 is 11.3 Å². The zero-order valence-corrected chi connectivity index (χ0v) is 14.6. The zero-order valence-electron chi connectivity index (χ0n) is 13.8. The van der Waals surface area contributed by atoms with Crippen molar-refractivity contribution < 1.29 is 14.7 Å². The van der Waals surface area contributed by atoms with E-state index in [1.165, 1.54) is 0 Å². The van der Waals surface area contributed by atoms with Crippen molar-refractivity contribution in [3.63, 3.8) is 0 Å². The molecule has 3 rings (SSSR count). The SMILES string of the molecule is O=C(O)C1=CCCN(CCO/N=C(\c2ccccc2)c2cccs2)C1. The fraction of sp³-hybridized carbons (Fsp3) is 0.263. The molecule has 130 valence electrons. The topological polar surface area (TPSA) is 62.1 Å². The van der Waals surface area contributed by atoms with Crippen LogP contribution in [0.4, 0.5) is 0 Å². The largest absolute Gasteiger partial charge is 0.478 e. The van der Waals surface area contributed by atoms with E-state index in [1.54, 1.807) is 17.4 Å². The van der Waals surface area contributed by atoms with Crippen molar-refractivity contribution in [2.24, 2.45) is 5.16 Å². The Balaban J connectivity index is 1.60.